The molecule has 0 saturated heterocycles. The molecule has 0 atom stereocenters. The second kappa shape index (κ2) is 11.7. The zero-order chi connectivity index (χ0) is 29.0. The van der Waals surface area contributed by atoms with Crippen LogP contribution in [0.15, 0.2) is 113 Å². The molecule has 0 radical (unpaired) electrons. The van der Waals surface area contributed by atoms with Gasteiger partial charge in [-0.2, -0.15) is 0 Å². The Bertz CT molecular complexity index is 1690. The molecular weight excluding hydrogens is 528 g/mol. The van der Waals surface area contributed by atoms with E-state index in [1.165, 1.54) is 6.26 Å². The zero-order valence-electron chi connectivity index (χ0n) is 24.3. The van der Waals surface area contributed by atoms with Crippen molar-refractivity contribution in [2.75, 3.05) is 0 Å². The van der Waals surface area contributed by atoms with Gasteiger partial charge < -0.3 is 18.3 Å². The molecule has 5 nitrogen and oxygen atoms in total. The molecule has 5 rings (SSSR count). The van der Waals surface area contributed by atoms with Gasteiger partial charge in [-0.05, 0) is 53.5 Å². The van der Waals surface area contributed by atoms with E-state index >= 15 is 0 Å². The maximum atomic E-state index is 13.7. The molecule has 1 heterocycles. The van der Waals surface area contributed by atoms with E-state index in [-0.39, 0.29) is 10.5 Å². The summed E-state index contributed by atoms with van der Waals surface area (Å²) < 4.78 is 24.8. The first-order chi connectivity index (χ1) is 19.6. The van der Waals surface area contributed by atoms with Gasteiger partial charge in [0.05, 0.1) is 10.9 Å². The van der Waals surface area contributed by atoms with E-state index in [0.717, 1.165) is 16.9 Å². The lowest BCUT2D eigenvalue weighted by Crippen LogP contribution is -2.43. The monoisotopic (exact) mass is 564 g/mol. The van der Waals surface area contributed by atoms with Crippen molar-refractivity contribution < 1.29 is 18.3 Å². The molecule has 0 aliphatic carbocycles. The lowest BCUT2D eigenvalue weighted by atomic mass is 10.0. The second-order valence-corrected chi connectivity index (χ2v) is 16.4. The topological polar surface area (TPSA) is 57.9 Å². The SMILES string of the molecule is CC(C)(C)[Si](C)(C)Oc1ccc(-c2coc3cc(OCc4ccccc4)ccc3c2=O)c(OCc2ccccc2)c1. The highest BCUT2D eigenvalue weighted by molar-refractivity contribution is 6.74. The molecule has 5 aromatic rings. The summed E-state index contributed by atoms with van der Waals surface area (Å²) in [4.78, 5) is 13.7. The minimum Gasteiger partial charge on any atom is -0.543 e. The van der Waals surface area contributed by atoms with Gasteiger partial charge in [0.2, 0.25) is 13.7 Å². The van der Waals surface area contributed by atoms with Crippen LogP contribution in [-0.4, -0.2) is 8.32 Å². The summed E-state index contributed by atoms with van der Waals surface area (Å²) >= 11 is 0. The zero-order valence-corrected chi connectivity index (χ0v) is 25.3. The Hall–Kier alpha value is -4.29. The van der Waals surface area contributed by atoms with E-state index < -0.39 is 8.32 Å². The molecule has 0 spiro atoms. The summed E-state index contributed by atoms with van der Waals surface area (Å²) in [6, 6.07) is 30.9. The Labute approximate surface area is 242 Å². The second-order valence-electron chi connectivity index (χ2n) is 11.7. The van der Waals surface area contributed by atoms with Crippen molar-refractivity contribution in [3.63, 3.8) is 0 Å². The van der Waals surface area contributed by atoms with Gasteiger partial charge in [0.15, 0.2) is 0 Å². The molecule has 0 saturated carbocycles. The average molecular weight is 565 g/mol. The summed E-state index contributed by atoms with van der Waals surface area (Å²) in [5, 5.41) is 0.518. The molecule has 6 heteroatoms. The maximum Gasteiger partial charge on any atom is 0.250 e. The largest absolute Gasteiger partial charge is 0.543 e. The van der Waals surface area contributed by atoms with E-state index in [0.29, 0.717) is 46.8 Å². The highest BCUT2D eigenvalue weighted by atomic mass is 28.4. The van der Waals surface area contributed by atoms with E-state index in [1.807, 2.05) is 78.9 Å². The molecular formula is C35H36O5Si. The molecule has 0 unspecified atom stereocenters. The molecule has 0 fully saturated rings. The fourth-order valence-electron chi connectivity index (χ4n) is 4.22. The Balaban J connectivity index is 1.48. The minimum absolute atomic E-state index is 0.0415. The van der Waals surface area contributed by atoms with Crippen LogP contribution in [0.5, 0.6) is 17.2 Å². The molecule has 0 aliphatic rings. The highest BCUT2D eigenvalue weighted by Crippen LogP contribution is 2.40. The summed E-state index contributed by atoms with van der Waals surface area (Å²) in [5.41, 5.74) is 3.51. The van der Waals surface area contributed by atoms with Crippen LogP contribution in [0, 0.1) is 0 Å². The first-order valence-electron chi connectivity index (χ1n) is 13.8. The lowest BCUT2D eigenvalue weighted by molar-refractivity contribution is 0.306. The van der Waals surface area contributed by atoms with Crippen LogP contribution >= 0.6 is 0 Å². The van der Waals surface area contributed by atoms with Crippen molar-refractivity contribution >= 4 is 19.3 Å². The summed E-state index contributed by atoms with van der Waals surface area (Å²) in [6.45, 7) is 11.8. The third-order valence-electron chi connectivity index (χ3n) is 7.65. The van der Waals surface area contributed by atoms with Crippen molar-refractivity contribution in [3.05, 3.63) is 125 Å². The van der Waals surface area contributed by atoms with Gasteiger partial charge in [-0.25, -0.2) is 0 Å². The third-order valence-corrected chi connectivity index (χ3v) is 12.0. The first-order valence-corrected chi connectivity index (χ1v) is 16.7. The van der Waals surface area contributed by atoms with Crippen LogP contribution in [0.4, 0.5) is 0 Å². The van der Waals surface area contributed by atoms with E-state index in [9.17, 15) is 4.79 Å². The van der Waals surface area contributed by atoms with Crippen LogP contribution in [-0.2, 0) is 13.2 Å². The maximum absolute atomic E-state index is 13.7. The molecule has 4 aromatic carbocycles. The standard InChI is InChI=1S/C35H36O5Si/c1-35(2,3)41(4,5)40-28-17-18-29(32(21-28)38-23-26-14-10-7-11-15-26)31-24-39-33-20-27(16-19-30(33)34(31)36)37-22-25-12-8-6-9-13-25/h6-21,24H,22-23H2,1-5H3. The Morgan fingerprint density at radius 2 is 1.32 bits per heavy atom. The van der Waals surface area contributed by atoms with Gasteiger partial charge in [-0.15, -0.1) is 0 Å². The van der Waals surface area contributed by atoms with Crippen molar-refractivity contribution in [1.82, 2.24) is 0 Å². The normalized spacial score (nSPS) is 11.8. The van der Waals surface area contributed by atoms with Gasteiger partial charge in [0.25, 0.3) is 0 Å². The number of rotatable bonds is 9. The number of hydrogen-bond acceptors (Lipinski definition) is 5. The molecule has 0 N–H and O–H groups in total. The van der Waals surface area contributed by atoms with Crippen LogP contribution in [0.2, 0.25) is 18.1 Å². The quantitative estimate of drug-likeness (QED) is 0.167. The van der Waals surface area contributed by atoms with Crippen LogP contribution in [0.1, 0.15) is 31.9 Å². The van der Waals surface area contributed by atoms with Gasteiger partial charge in [0.1, 0.15) is 42.3 Å². The predicted octanol–water partition coefficient (Wildman–Crippen LogP) is 9.00. The number of hydrogen-bond donors (Lipinski definition) is 0. The van der Waals surface area contributed by atoms with E-state index in [1.54, 1.807) is 18.2 Å². The number of ether oxygens (including phenoxy) is 2. The molecule has 1 aromatic heterocycles. The fourth-order valence-corrected chi connectivity index (χ4v) is 5.24. The summed E-state index contributed by atoms with van der Waals surface area (Å²) in [6.07, 6.45) is 1.50. The van der Waals surface area contributed by atoms with Crippen molar-refractivity contribution in [1.29, 1.82) is 0 Å². The van der Waals surface area contributed by atoms with Gasteiger partial charge in [-0.1, -0.05) is 81.4 Å². The van der Waals surface area contributed by atoms with Crippen molar-refractivity contribution in [2.24, 2.45) is 0 Å². The summed E-state index contributed by atoms with van der Waals surface area (Å²) in [5.74, 6) is 1.93. The Morgan fingerprint density at radius 3 is 1.95 bits per heavy atom. The predicted molar refractivity (Wildman–Crippen MR) is 167 cm³/mol. The molecule has 0 amide bonds. The molecule has 41 heavy (non-hydrogen) atoms. The number of fused-ring (bicyclic) bond motifs is 1. The minimum atomic E-state index is -2.08. The van der Waals surface area contributed by atoms with Crippen LogP contribution in [0.25, 0.3) is 22.1 Å². The lowest BCUT2D eigenvalue weighted by Gasteiger charge is -2.36. The third kappa shape index (κ3) is 6.55. The molecule has 0 aliphatic heterocycles. The Morgan fingerprint density at radius 1 is 0.707 bits per heavy atom. The highest BCUT2D eigenvalue weighted by Gasteiger charge is 2.39. The van der Waals surface area contributed by atoms with Crippen molar-refractivity contribution in [2.45, 2.75) is 52.1 Å². The van der Waals surface area contributed by atoms with Gasteiger partial charge >= 0.3 is 0 Å². The van der Waals surface area contributed by atoms with Crippen molar-refractivity contribution in [3.8, 4) is 28.4 Å². The Kier molecular flexibility index (Phi) is 8.04. The average Bonchev–Trinajstić information content (AvgIpc) is 2.96. The first kappa shape index (κ1) is 28.2. The number of benzene rings is 4. The van der Waals surface area contributed by atoms with Gasteiger partial charge in [-0.3, -0.25) is 4.79 Å². The van der Waals surface area contributed by atoms with E-state index in [2.05, 4.69) is 33.9 Å². The molecule has 210 valence electrons. The smallest absolute Gasteiger partial charge is 0.250 e. The van der Waals surface area contributed by atoms with E-state index in [4.69, 9.17) is 18.3 Å². The summed E-state index contributed by atoms with van der Waals surface area (Å²) in [7, 11) is -2.08. The molecule has 0 bridgehead atoms. The van der Waals surface area contributed by atoms with Crippen LogP contribution in [0.3, 0.4) is 0 Å². The van der Waals surface area contributed by atoms with Gasteiger partial charge in [0, 0.05) is 17.7 Å². The fraction of sp³-hybridized carbons (Fsp3) is 0.229. The van der Waals surface area contributed by atoms with Crippen LogP contribution < -0.4 is 19.3 Å².